The number of halogens is 2. The average molecular weight is 975 g/mol. The number of hydrogen-bond donors (Lipinski definition) is 7. The number of hydrogen-bond acceptors (Lipinski definition) is 11. The van der Waals surface area contributed by atoms with E-state index in [0.29, 0.717) is 54.4 Å². The highest BCUT2D eigenvalue weighted by Crippen LogP contribution is 2.27. The second-order valence-electron chi connectivity index (χ2n) is 16.8. The zero-order valence-electron chi connectivity index (χ0n) is 37.2. The van der Waals surface area contributed by atoms with Crippen LogP contribution in [0.3, 0.4) is 0 Å². The highest BCUT2D eigenvalue weighted by molar-refractivity contribution is 7.99. The summed E-state index contributed by atoms with van der Waals surface area (Å²) in [5.74, 6) is -6.83. The molecule has 0 radical (unpaired) electrons. The minimum atomic E-state index is -1.48. The fraction of sp³-hybridized carbons (Fsp3) is 0.533. The Hall–Kier alpha value is -5.21. The van der Waals surface area contributed by atoms with Gasteiger partial charge < -0.3 is 43.4 Å². The standard InChI is InChI=1S/C45H61ClFN9O8S2/c1-26(2)39-43(63)53-34(22-38(48)59)37(58)21-30(44(64)56-25-66-24-36(56)42(62)51-15-3-4-16-52-45(49)50)23-65-17-5-6-33(57)20-29(18-27-7-11-31(46)12-8-27)40(60)54-35(41(61)55-39)19-28-9-13-32(47)14-10-28/h7-14,26,29-30,34-36,39H,3-6,15-25H2,1-2H3,(H2,48,59)(H,51,62)(H,53,63)(H,54,60)(H,55,61)(H4,49,50,52)/t29-,30+,34+,35+,36+,39+/m1/s1. The normalized spacial score (nSPS) is 23.0. The van der Waals surface area contributed by atoms with Gasteiger partial charge in [-0.25, -0.2) is 4.39 Å². The number of amides is 6. The molecular weight excluding hydrogens is 913 g/mol. The Balaban J connectivity index is 1.64. The van der Waals surface area contributed by atoms with Gasteiger partial charge in [0.2, 0.25) is 35.4 Å². The highest BCUT2D eigenvalue weighted by Gasteiger charge is 2.40. The second kappa shape index (κ2) is 26.8. The van der Waals surface area contributed by atoms with Crippen molar-refractivity contribution >= 4 is 88.1 Å². The number of nitrogens with one attached hydrogen (secondary N) is 4. The van der Waals surface area contributed by atoms with Crippen molar-refractivity contribution in [2.24, 2.45) is 39.9 Å². The number of unbranched alkanes of at least 4 members (excludes halogenated alkanes) is 1. The van der Waals surface area contributed by atoms with Gasteiger partial charge >= 0.3 is 0 Å². The van der Waals surface area contributed by atoms with Crippen LogP contribution < -0.4 is 38.5 Å². The average Bonchev–Trinajstić information content (AvgIpc) is 3.76. The van der Waals surface area contributed by atoms with Gasteiger partial charge in [-0.3, -0.25) is 43.3 Å². The lowest BCUT2D eigenvalue weighted by Gasteiger charge is -2.29. The third kappa shape index (κ3) is 17.5. The Labute approximate surface area is 397 Å². The quantitative estimate of drug-likeness (QED) is 0.0814. The molecular formula is C45H61ClFN9O8S2. The van der Waals surface area contributed by atoms with Gasteiger partial charge in [-0.1, -0.05) is 49.7 Å². The summed E-state index contributed by atoms with van der Waals surface area (Å²) in [7, 11) is 0. The molecule has 2 heterocycles. The minimum absolute atomic E-state index is 0.0259. The maximum absolute atomic E-state index is 14.4. The van der Waals surface area contributed by atoms with Crippen molar-refractivity contribution in [2.75, 3.05) is 36.2 Å². The lowest BCUT2D eigenvalue weighted by molar-refractivity contribution is -0.142. The molecule has 0 aliphatic carbocycles. The molecule has 2 aliphatic rings. The van der Waals surface area contributed by atoms with E-state index in [-0.39, 0.29) is 55.0 Å². The number of aliphatic imine (C=N–C) groups is 1. The molecule has 0 unspecified atom stereocenters. The smallest absolute Gasteiger partial charge is 0.243 e. The first-order chi connectivity index (χ1) is 31.4. The molecule has 4 rings (SSSR count). The van der Waals surface area contributed by atoms with Gasteiger partial charge in [-0.2, -0.15) is 11.8 Å². The van der Waals surface area contributed by atoms with Gasteiger partial charge in [0.15, 0.2) is 11.7 Å². The number of primary amides is 1. The van der Waals surface area contributed by atoms with Crippen LogP contribution in [-0.2, 0) is 51.2 Å². The second-order valence-corrected chi connectivity index (χ2v) is 19.4. The van der Waals surface area contributed by atoms with E-state index in [1.54, 1.807) is 38.1 Å². The van der Waals surface area contributed by atoms with Crippen molar-refractivity contribution in [1.82, 2.24) is 26.2 Å². The maximum Gasteiger partial charge on any atom is 0.243 e. The number of nitrogens with two attached hydrogens (primary N) is 3. The number of benzene rings is 2. The van der Waals surface area contributed by atoms with Crippen molar-refractivity contribution in [2.45, 2.75) is 95.8 Å². The Morgan fingerprint density at radius 2 is 1.52 bits per heavy atom. The number of thioether (sulfide) groups is 2. The van der Waals surface area contributed by atoms with E-state index < -0.39 is 95.9 Å². The number of ketones is 2. The molecule has 2 aromatic carbocycles. The van der Waals surface area contributed by atoms with Gasteiger partial charge in [-0.15, -0.1) is 11.8 Å². The summed E-state index contributed by atoms with van der Waals surface area (Å²) in [6.45, 7) is 4.02. The zero-order chi connectivity index (χ0) is 48.3. The predicted octanol–water partition coefficient (Wildman–Crippen LogP) is 2.00. The van der Waals surface area contributed by atoms with E-state index in [1.807, 2.05) is 0 Å². The lowest BCUT2D eigenvalue weighted by Crippen LogP contribution is -2.58. The lowest BCUT2D eigenvalue weighted by atomic mass is 9.91. The molecule has 2 aliphatic heterocycles. The summed E-state index contributed by atoms with van der Waals surface area (Å²) in [5.41, 5.74) is 17.5. The van der Waals surface area contributed by atoms with Crippen LogP contribution in [0.5, 0.6) is 0 Å². The first-order valence-electron chi connectivity index (χ1n) is 21.9. The van der Waals surface area contributed by atoms with Crippen LogP contribution in [0.1, 0.15) is 69.9 Å². The van der Waals surface area contributed by atoms with E-state index in [2.05, 4.69) is 26.3 Å². The molecule has 2 saturated heterocycles. The molecule has 10 N–H and O–H groups in total. The topological polar surface area (TPSA) is 278 Å². The van der Waals surface area contributed by atoms with Crippen molar-refractivity contribution in [1.29, 1.82) is 0 Å². The van der Waals surface area contributed by atoms with Gasteiger partial charge in [-0.05, 0) is 72.7 Å². The number of carbonyl (C=O) groups excluding carboxylic acids is 8. The summed E-state index contributed by atoms with van der Waals surface area (Å²) >= 11 is 8.84. The number of guanidine groups is 1. The molecule has 6 atom stereocenters. The first kappa shape index (κ1) is 53.4. The van der Waals surface area contributed by atoms with E-state index in [0.717, 1.165) is 5.56 Å². The fourth-order valence-electron chi connectivity index (χ4n) is 7.48. The first-order valence-corrected chi connectivity index (χ1v) is 24.6. The molecule has 0 saturated carbocycles. The van der Waals surface area contributed by atoms with Crippen LogP contribution >= 0.6 is 35.1 Å². The Kier molecular flexibility index (Phi) is 21.7. The van der Waals surface area contributed by atoms with E-state index in [1.165, 1.54) is 52.7 Å². The van der Waals surface area contributed by atoms with Crippen LogP contribution in [0.2, 0.25) is 5.02 Å². The van der Waals surface area contributed by atoms with Crippen LogP contribution in [0.4, 0.5) is 4.39 Å². The van der Waals surface area contributed by atoms with Crippen LogP contribution in [-0.4, -0.2) is 118 Å². The van der Waals surface area contributed by atoms with E-state index in [4.69, 9.17) is 28.8 Å². The Morgan fingerprint density at radius 1 is 0.848 bits per heavy atom. The summed E-state index contributed by atoms with van der Waals surface area (Å²) in [4.78, 5) is 116. The molecule has 0 spiro atoms. The molecule has 0 bridgehead atoms. The van der Waals surface area contributed by atoms with E-state index >= 15 is 0 Å². The zero-order valence-corrected chi connectivity index (χ0v) is 39.6. The number of nitrogens with zero attached hydrogens (tertiary/aromatic N) is 2. The van der Waals surface area contributed by atoms with Gasteiger partial charge in [0.1, 0.15) is 29.7 Å². The molecule has 6 amide bonds. The molecule has 0 aromatic heterocycles. The van der Waals surface area contributed by atoms with Gasteiger partial charge in [0.25, 0.3) is 0 Å². The van der Waals surface area contributed by atoms with Gasteiger partial charge in [0, 0.05) is 61.2 Å². The van der Waals surface area contributed by atoms with Crippen LogP contribution in [0.15, 0.2) is 53.5 Å². The van der Waals surface area contributed by atoms with Crippen LogP contribution in [0, 0.1) is 23.6 Å². The molecule has 360 valence electrons. The molecule has 21 heteroatoms. The van der Waals surface area contributed by atoms with Crippen molar-refractivity contribution in [3.8, 4) is 0 Å². The summed E-state index contributed by atoms with van der Waals surface area (Å²) in [5, 5.41) is 11.4. The Morgan fingerprint density at radius 3 is 2.18 bits per heavy atom. The third-order valence-electron chi connectivity index (χ3n) is 11.1. The molecule has 2 aromatic rings. The monoisotopic (exact) mass is 973 g/mol. The fourth-order valence-corrected chi connectivity index (χ4v) is 9.83. The molecule has 17 nitrogen and oxygen atoms in total. The maximum atomic E-state index is 14.4. The number of carbonyl (C=O) groups is 8. The van der Waals surface area contributed by atoms with E-state index in [9.17, 15) is 42.7 Å². The van der Waals surface area contributed by atoms with Crippen molar-refractivity contribution in [3.63, 3.8) is 0 Å². The Bertz CT molecular complexity index is 2060. The predicted molar refractivity (Wildman–Crippen MR) is 253 cm³/mol. The summed E-state index contributed by atoms with van der Waals surface area (Å²) < 4.78 is 13.9. The molecule has 2 fully saturated rings. The summed E-state index contributed by atoms with van der Waals surface area (Å²) in [6.07, 6.45) is 0.515. The van der Waals surface area contributed by atoms with Crippen molar-refractivity contribution < 1.29 is 42.7 Å². The largest absolute Gasteiger partial charge is 0.370 e. The highest BCUT2D eigenvalue weighted by atomic mass is 35.5. The number of rotatable bonds is 14. The summed E-state index contributed by atoms with van der Waals surface area (Å²) in [6, 6.07) is 7.25. The number of Topliss-reactive ketones (excluding diaryl/α,β-unsaturated/α-hetero) is 2. The SMILES string of the molecule is CC(C)[C@@H]1NC(=O)[C@H](Cc2ccc(F)cc2)NC(=O)[C@H](Cc2ccc(Cl)cc2)CC(=O)CCCSC[C@@H](C(=O)N2CSC[C@H]2C(=O)NCCCCN=C(N)N)CC(=O)[C@H](CC(N)=O)NC1=O. The van der Waals surface area contributed by atoms with Gasteiger partial charge in [0.05, 0.1) is 24.3 Å². The van der Waals surface area contributed by atoms with Crippen molar-refractivity contribution in [3.05, 3.63) is 70.5 Å². The van der Waals surface area contributed by atoms with Crippen LogP contribution in [0.25, 0.3) is 0 Å². The minimum Gasteiger partial charge on any atom is -0.370 e. The molecule has 66 heavy (non-hydrogen) atoms. The third-order valence-corrected chi connectivity index (χ3v) is 13.6.